The number of likely N-dealkylation sites (N-methyl/N-ethyl adjacent to an activating group) is 1. The number of nitrogens with zero attached hydrogens (tertiary/aromatic N) is 4. The van der Waals surface area contributed by atoms with Crippen LogP contribution in [-0.2, 0) is 14.3 Å². The van der Waals surface area contributed by atoms with Crippen molar-refractivity contribution in [3.63, 3.8) is 0 Å². The van der Waals surface area contributed by atoms with Crippen LogP contribution in [0.25, 0.3) is 0 Å². The minimum absolute atomic E-state index is 0.0355. The van der Waals surface area contributed by atoms with Crippen LogP contribution < -0.4 is 0 Å². The second-order valence-electron chi connectivity index (χ2n) is 10.3. The number of hydrogen-bond donors (Lipinski definition) is 1. The second-order valence-corrected chi connectivity index (χ2v) is 10.3. The van der Waals surface area contributed by atoms with Gasteiger partial charge in [0.25, 0.3) is 5.91 Å². The van der Waals surface area contributed by atoms with Crippen molar-refractivity contribution >= 4 is 11.9 Å². The third-order valence-corrected chi connectivity index (χ3v) is 7.30. The highest BCUT2D eigenvalue weighted by Gasteiger charge is 2.58. The van der Waals surface area contributed by atoms with E-state index in [0.717, 1.165) is 5.69 Å². The Labute approximate surface area is 231 Å². The largest absolute Gasteiger partial charge is 0.490 e. The molecule has 1 N–H and O–H groups in total. The number of carboxylic acids is 1. The molecule has 2 aliphatic rings. The maximum Gasteiger partial charge on any atom is 0.490 e. The van der Waals surface area contributed by atoms with Crippen molar-refractivity contribution in [2.24, 2.45) is 0 Å². The first-order valence-corrected chi connectivity index (χ1v) is 13.0. The first kappa shape index (κ1) is 29.3. The molecule has 40 heavy (non-hydrogen) atoms. The van der Waals surface area contributed by atoms with E-state index in [1.165, 1.54) is 11.1 Å². The van der Waals surface area contributed by atoms with Crippen molar-refractivity contribution in [2.45, 2.75) is 43.6 Å². The molecule has 214 valence electrons. The van der Waals surface area contributed by atoms with Gasteiger partial charge in [-0.1, -0.05) is 60.7 Å². The summed E-state index contributed by atoms with van der Waals surface area (Å²) in [6.07, 6.45) is -3.24. The zero-order chi connectivity index (χ0) is 29.1. The van der Waals surface area contributed by atoms with Gasteiger partial charge in [-0.25, -0.2) is 4.79 Å². The molecule has 0 saturated carbocycles. The number of aromatic nitrogens is 2. The Morgan fingerprint density at radius 1 is 1.05 bits per heavy atom. The summed E-state index contributed by atoms with van der Waals surface area (Å²) in [5.74, 6) is -2.79. The lowest BCUT2D eigenvalue weighted by molar-refractivity contribution is -0.192. The number of likely N-dealkylation sites (tertiary alicyclic amines) is 1. The van der Waals surface area contributed by atoms with Crippen molar-refractivity contribution in [1.82, 2.24) is 19.6 Å². The number of hydrogen-bond acceptors (Lipinski definition) is 5. The van der Waals surface area contributed by atoms with Gasteiger partial charge in [0, 0.05) is 44.6 Å². The fourth-order valence-corrected chi connectivity index (χ4v) is 5.52. The fraction of sp³-hybridized carbons (Fsp3) is 0.414. The maximum atomic E-state index is 13.7. The van der Waals surface area contributed by atoms with Gasteiger partial charge in [-0.05, 0) is 31.0 Å². The Morgan fingerprint density at radius 2 is 1.60 bits per heavy atom. The van der Waals surface area contributed by atoms with Crippen LogP contribution in [0.1, 0.15) is 48.7 Å². The summed E-state index contributed by atoms with van der Waals surface area (Å²) in [7, 11) is 1.89. The Hall–Kier alpha value is -3.70. The van der Waals surface area contributed by atoms with Crippen molar-refractivity contribution in [1.29, 1.82) is 0 Å². The van der Waals surface area contributed by atoms with Gasteiger partial charge in [0.05, 0.1) is 18.6 Å². The van der Waals surface area contributed by atoms with Crippen molar-refractivity contribution in [3.05, 3.63) is 89.7 Å². The second kappa shape index (κ2) is 11.8. The molecule has 1 spiro atoms. The number of benzene rings is 2. The van der Waals surface area contributed by atoms with E-state index in [0.29, 0.717) is 26.2 Å². The van der Waals surface area contributed by atoms with Crippen molar-refractivity contribution < 1.29 is 32.6 Å². The first-order valence-electron chi connectivity index (χ1n) is 13.0. The summed E-state index contributed by atoms with van der Waals surface area (Å²) < 4.78 is 40.2. The minimum Gasteiger partial charge on any atom is -0.475 e. The summed E-state index contributed by atoms with van der Waals surface area (Å²) in [5, 5.41) is 11.7. The van der Waals surface area contributed by atoms with E-state index in [-0.39, 0.29) is 23.9 Å². The molecule has 2 unspecified atom stereocenters. The van der Waals surface area contributed by atoms with E-state index >= 15 is 0 Å². The van der Waals surface area contributed by atoms with Crippen molar-refractivity contribution in [3.8, 4) is 0 Å². The third-order valence-electron chi connectivity index (χ3n) is 7.30. The monoisotopic (exact) mass is 558 g/mol. The van der Waals surface area contributed by atoms with E-state index < -0.39 is 17.7 Å². The highest BCUT2D eigenvalue weighted by Crippen LogP contribution is 2.46. The molecule has 8 nitrogen and oxygen atoms in total. The normalized spacial score (nSPS) is 21.6. The lowest BCUT2D eigenvalue weighted by atomic mass is 9.85. The van der Waals surface area contributed by atoms with Crippen LogP contribution >= 0.6 is 0 Å². The third kappa shape index (κ3) is 5.90. The van der Waals surface area contributed by atoms with Crippen LogP contribution in [0.2, 0.25) is 0 Å². The standard InChI is InChI=1S/C27H32N4O2.C2HF3O2/c1-20(2)31-24(14-15-28-31)23-18-30(19-27(23)26(32)29(3)16-17-33-27)25(21-10-6-4-7-11-21)22-12-8-5-9-13-22;3-2(4,5)1(6)7/h4-15,20,23,25H,16-19H2,1-3H3;(H,6,7). The van der Waals surface area contributed by atoms with Gasteiger partial charge < -0.3 is 14.7 Å². The molecule has 1 aromatic heterocycles. The van der Waals surface area contributed by atoms with Gasteiger partial charge in [0.1, 0.15) is 0 Å². The first-order chi connectivity index (χ1) is 19.0. The summed E-state index contributed by atoms with van der Waals surface area (Å²) >= 11 is 0. The molecule has 2 aliphatic heterocycles. The summed E-state index contributed by atoms with van der Waals surface area (Å²) in [6.45, 7) is 6.68. The number of carboxylic acid groups (broad SMARTS) is 1. The van der Waals surface area contributed by atoms with Crippen LogP contribution in [0.3, 0.4) is 0 Å². The van der Waals surface area contributed by atoms with Gasteiger partial charge in [-0.15, -0.1) is 0 Å². The molecule has 1 amide bonds. The Balaban J connectivity index is 0.000000470. The summed E-state index contributed by atoms with van der Waals surface area (Å²) in [6, 6.07) is 23.4. The van der Waals surface area contributed by atoms with Crippen molar-refractivity contribution in [2.75, 3.05) is 33.3 Å². The topological polar surface area (TPSA) is 87.9 Å². The molecular weight excluding hydrogens is 525 g/mol. The molecule has 5 rings (SSSR count). The average molecular weight is 559 g/mol. The minimum atomic E-state index is -5.08. The SMILES string of the molecule is CC(C)n1nccc1C1CN(C(c2ccccc2)c2ccccc2)CC12OCCN(C)C2=O.O=C(O)C(F)(F)F. The number of rotatable bonds is 5. The number of amides is 1. The Kier molecular flexibility index (Phi) is 8.65. The molecular formula is C29H33F3N4O4. The molecule has 0 bridgehead atoms. The molecule has 0 radical (unpaired) electrons. The molecule has 3 aromatic rings. The van der Waals surface area contributed by atoms with Gasteiger partial charge in [0.15, 0.2) is 5.60 Å². The number of ether oxygens (including phenoxy) is 1. The molecule has 0 aliphatic carbocycles. The molecule has 2 fully saturated rings. The van der Waals surface area contributed by atoms with Gasteiger partial charge in [-0.2, -0.15) is 18.3 Å². The van der Waals surface area contributed by atoms with E-state index in [4.69, 9.17) is 14.6 Å². The average Bonchev–Trinajstić information content (AvgIpc) is 3.54. The van der Waals surface area contributed by atoms with Crippen LogP contribution in [0.4, 0.5) is 13.2 Å². The zero-order valence-electron chi connectivity index (χ0n) is 22.6. The quantitative estimate of drug-likeness (QED) is 0.496. The highest BCUT2D eigenvalue weighted by atomic mass is 19.4. The van der Waals surface area contributed by atoms with Crippen LogP contribution in [0, 0.1) is 0 Å². The van der Waals surface area contributed by atoms with Gasteiger partial charge in [-0.3, -0.25) is 14.4 Å². The molecule has 2 aromatic carbocycles. The summed E-state index contributed by atoms with van der Waals surface area (Å²) in [4.78, 5) is 26.9. The summed E-state index contributed by atoms with van der Waals surface area (Å²) in [5.41, 5.74) is 2.58. The number of alkyl halides is 3. The van der Waals surface area contributed by atoms with E-state index in [1.54, 1.807) is 0 Å². The molecule has 2 saturated heterocycles. The predicted octanol–water partition coefficient (Wildman–Crippen LogP) is 4.51. The van der Waals surface area contributed by atoms with Crippen LogP contribution in [-0.4, -0.2) is 81.6 Å². The lowest BCUT2D eigenvalue weighted by Crippen LogP contribution is -2.59. The number of aliphatic carboxylic acids is 1. The van der Waals surface area contributed by atoms with E-state index in [9.17, 15) is 18.0 Å². The Morgan fingerprint density at radius 3 is 2.10 bits per heavy atom. The van der Waals surface area contributed by atoms with Gasteiger partial charge in [0.2, 0.25) is 0 Å². The molecule has 11 heteroatoms. The molecule has 2 atom stereocenters. The number of carbonyl (C=O) groups excluding carboxylic acids is 1. The lowest BCUT2D eigenvalue weighted by Gasteiger charge is -2.41. The number of morpholine rings is 1. The molecule has 3 heterocycles. The predicted molar refractivity (Wildman–Crippen MR) is 142 cm³/mol. The van der Waals surface area contributed by atoms with Crippen LogP contribution in [0.5, 0.6) is 0 Å². The highest BCUT2D eigenvalue weighted by molar-refractivity contribution is 5.88. The van der Waals surface area contributed by atoms with Gasteiger partial charge >= 0.3 is 12.1 Å². The van der Waals surface area contributed by atoms with E-state index in [2.05, 4.69) is 78.4 Å². The smallest absolute Gasteiger partial charge is 0.475 e. The van der Waals surface area contributed by atoms with E-state index in [1.807, 2.05) is 35.0 Å². The number of carbonyl (C=O) groups is 2. The maximum absolute atomic E-state index is 13.7. The zero-order valence-corrected chi connectivity index (χ0v) is 22.6. The fourth-order valence-electron chi connectivity index (χ4n) is 5.52. The van der Waals surface area contributed by atoms with Crippen LogP contribution in [0.15, 0.2) is 72.9 Å². The number of halogens is 3. The Bertz CT molecular complexity index is 1260.